The maximum Gasteiger partial charge on any atom is 0.335 e. The Hall–Kier alpha value is -1.24. The molecule has 0 fully saturated rings. The summed E-state index contributed by atoms with van der Waals surface area (Å²) in [4.78, 5) is 10.5. The average Bonchev–Trinajstić information content (AvgIpc) is 2.18. The lowest BCUT2D eigenvalue weighted by Gasteiger charge is -2.00. The van der Waals surface area contributed by atoms with Crippen LogP contribution in [-0.4, -0.2) is 26.4 Å². The van der Waals surface area contributed by atoms with Crippen LogP contribution >= 0.6 is 0 Å². The summed E-state index contributed by atoms with van der Waals surface area (Å²) in [6, 6.07) is 6.25. The van der Waals surface area contributed by atoms with Gasteiger partial charge in [-0.3, -0.25) is 8.74 Å². The van der Waals surface area contributed by atoms with Crippen LogP contribution in [0.2, 0.25) is 0 Å². The van der Waals surface area contributed by atoms with E-state index >= 15 is 0 Å². The molecule has 0 aliphatic rings. The lowest BCUT2D eigenvalue weighted by molar-refractivity contribution is 0.0697. The Labute approximate surface area is 89.2 Å². The molecular weight excluding hydrogens is 220 g/mol. The van der Waals surface area contributed by atoms with Gasteiger partial charge in [0.1, 0.15) is 0 Å². The third kappa shape index (κ3) is 4.20. The van der Waals surface area contributed by atoms with Crippen molar-refractivity contribution in [3.05, 3.63) is 35.4 Å². The van der Waals surface area contributed by atoms with E-state index in [1.54, 1.807) is 12.1 Å². The van der Waals surface area contributed by atoms with E-state index in [1.807, 2.05) is 0 Å². The highest BCUT2D eigenvalue weighted by atomic mass is 32.2. The van der Waals surface area contributed by atoms with Crippen LogP contribution in [0.15, 0.2) is 24.3 Å². The van der Waals surface area contributed by atoms with Crippen molar-refractivity contribution in [3.8, 4) is 0 Å². The Morgan fingerprint density at radius 1 is 1.33 bits per heavy atom. The molecule has 6 heteroatoms. The predicted octanol–water partition coefficient (Wildman–Crippen LogP) is 1.08. The third-order valence-electron chi connectivity index (χ3n) is 1.78. The Morgan fingerprint density at radius 3 is 2.40 bits per heavy atom. The van der Waals surface area contributed by atoms with E-state index in [4.69, 9.17) is 9.66 Å². The van der Waals surface area contributed by atoms with E-state index in [0.717, 1.165) is 5.56 Å². The summed E-state index contributed by atoms with van der Waals surface area (Å²) in [7, 11) is 0. The smallest absolute Gasteiger partial charge is 0.335 e. The van der Waals surface area contributed by atoms with Crippen LogP contribution in [0.1, 0.15) is 15.9 Å². The van der Waals surface area contributed by atoms with Crippen molar-refractivity contribution in [2.24, 2.45) is 0 Å². The van der Waals surface area contributed by atoms with Crippen molar-refractivity contribution in [1.29, 1.82) is 0 Å². The first-order valence-corrected chi connectivity index (χ1v) is 5.19. The quantitative estimate of drug-likeness (QED) is 0.739. The zero-order valence-electron chi connectivity index (χ0n) is 7.75. The minimum atomic E-state index is -2.25. The lowest BCUT2D eigenvalue weighted by atomic mass is 10.1. The Bertz CT molecular complexity index is 359. The zero-order valence-corrected chi connectivity index (χ0v) is 8.57. The van der Waals surface area contributed by atoms with Gasteiger partial charge >= 0.3 is 17.3 Å². The minimum Gasteiger partial charge on any atom is -0.478 e. The SMILES string of the molecule is O=C(O)c1ccc(CCOS(=O)O)cc1. The van der Waals surface area contributed by atoms with Gasteiger partial charge in [0.15, 0.2) is 0 Å². The molecule has 0 aromatic heterocycles. The number of carboxylic acids is 1. The molecule has 0 spiro atoms. The van der Waals surface area contributed by atoms with Gasteiger partial charge in [-0.1, -0.05) is 12.1 Å². The van der Waals surface area contributed by atoms with E-state index in [2.05, 4.69) is 4.18 Å². The van der Waals surface area contributed by atoms with Crippen molar-refractivity contribution in [2.45, 2.75) is 6.42 Å². The topological polar surface area (TPSA) is 83.8 Å². The highest BCUT2D eigenvalue weighted by Gasteiger charge is 2.02. The molecule has 0 saturated carbocycles. The predicted molar refractivity (Wildman–Crippen MR) is 53.8 cm³/mol. The van der Waals surface area contributed by atoms with Crippen LogP contribution in [0.4, 0.5) is 0 Å². The molecule has 1 unspecified atom stereocenters. The normalized spacial score (nSPS) is 12.3. The van der Waals surface area contributed by atoms with Crippen molar-refractivity contribution in [3.63, 3.8) is 0 Å². The van der Waals surface area contributed by atoms with Crippen LogP contribution in [0.5, 0.6) is 0 Å². The number of aromatic carboxylic acids is 1. The highest BCUT2D eigenvalue weighted by molar-refractivity contribution is 7.74. The summed E-state index contributed by atoms with van der Waals surface area (Å²) < 4.78 is 22.9. The van der Waals surface area contributed by atoms with E-state index in [1.165, 1.54) is 12.1 Å². The molecule has 5 nitrogen and oxygen atoms in total. The number of benzene rings is 1. The van der Waals surface area contributed by atoms with Gasteiger partial charge in [0.25, 0.3) is 0 Å². The van der Waals surface area contributed by atoms with Crippen molar-refractivity contribution in [2.75, 3.05) is 6.61 Å². The molecule has 1 aromatic rings. The first-order chi connectivity index (χ1) is 7.09. The van der Waals surface area contributed by atoms with Gasteiger partial charge in [-0.05, 0) is 24.1 Å². The summed E-state index contributed by atoms with van der Waals surface area (Å²) in [6.07, 6.45) is 0.464. The largest absolute Gasteiger partial charge is 0.478 e. The molecular formula is C9H10O5S. The van der Waals surface area contributed by atoms with Crippen LogP contribution < -0.4 is 0 Å². The highest BCUT2D eigenvalue weighted by Crippen LogP contribution is 2.05. The molecule has 0 bridgehead atoms. The summed E-state index contributed by atoms with van der Waals surface area (Å²) in [5.41, 5.74) is 1.07. The second-order valence-electron chi connectivity index (χ2n) is 2.79. The van der Waals surface area contributed by atoms with Crippen LogP contribution in [0.25, 0.3) is 0 Å². The molecule has 1 atom stereocenters. The minimum absolute atomic E-state index is 0.121. The molecule has 15 heavy (non-hydrogen) atoms. The number of carbonyl (C=O) groups is 1. The van der Waals surface area contributed by atoms with Crippen LogP contribution in [0, 0.1) is 0 Å². The fraction of sp³-hybridized carbons (Fsp3) is 0.222. The van der Waals surface area contributed by atoms with Crippen LogP contribution in [-0.2, 0) is 22.0 Å². The van der Waals surface area contributed by atoms with Gasteiger partial charge in [-0.25, -0.2) is 4.79 Å². The van der Waals surface area contributed by atoms with Gasteiger partial charge in [-0.15, -0.1) is 0 Å². The Balaban J connectivity index is 2.50. The number of rotatable bonds is 5. The summed E-state index contributed by atoms with van der Waals surface area (Å²) in [6.45, 7) is 0.121. The monoisotopic (exact) mass is 230 g/mol. The molecule has 2 N–H and O–H groups in total. The van der Waals surface area contributed by atoms with Crippen molar-refractivity contribution in [1.82, 2.24) is 0 Å². The van der Waals surface area contributed by atoms with Gasteiger partial charge in [0, 0.05) is 0 Å². The molecule has 1 aromatic carbocycles. The van der Waals surface area contributed by atoms with Crippen molar-refractivity contribution >= 4 is 17.3 Å². The maximum absolute atomic E-state index is 10.5. The second-order valence-corrected chi connectivity index (χ2v) is 3.46. The van der Waals surface area contributed by atoms with E-state index in [9.17, 15) is 9.00 Å². The van der Waals surface area contributed by atoms with Gasteiger partial charge < -0.3 is 5.11 Å². The van der Waals surface area contributed by atoms with Gasteiger partial charge in [0.05, 0.1) is 12.2 Å². The molecule has 0 heterocycles. The number of hydrogen-bond donors (Lipinski definition) is 2. The average molecular weight is 230 g/mol. The molecule has 82 valence electrons. The first-order valence-electron chi connectivity index (χ1n) is 4.16. The zero-order chi connectivity index (χ0) is 11.3. The molecule has 0 aliphatic heterocycles. The van der Waals surface area contributed by atoms with Crippen molar-refractivity contribution < 1.29 is 22.8 Å². The van der Waals surface area contributed by atoms with E-state index in [0.29, 0.717) is 6.42 Å². The molecule has 1 rings (SSSR count). The van der Waals surface area contributed by atoms with Crippen LogP contribution in [0.3, 0.4) is 0 Å². The molecule has 0 radical (unpaired) electrons. The summed E-state index contributed by atoms with van der Waals surface area (Å²) in [5, 5.41) is 8.63. The van der Waals surface area contributed by atoms with Gasteiger partial charge in [-0.2, -0.15) is 4.21 Å². The molecule has 0 aliphatic carbocycles. The number of hydrogen-bond acceptors (Lipinski definition) is 3. The third-order valence-corrected chi connectivity index (χ3v) is 2.14. The first kappa shape index (κ1) is 11.8. The Kier molecular flexibility index (Phi) is 4.41. The summed E-state index contributed by atoms with van der Waals surface area (Å²) in [5.74, 6) is -0.978. The second kappa shape index (κ2) is 5.59. The fourth-order valence-corrected chi connectivity index (χ4v) is 1.27. The van der Waals surface area contributed by atoms with E-state index in [-0.39, 0.29) is 12.2 Å². The number of carboxylic acid groups (broad SMARTS) is 1. The molecule has 0 amide bonds. The maximum atomic E-state index is 10.5. The standard InChI is InChI=1S/C9H10O5S/c10-9(11)8-3-1-7(2-4-8)5-6-14-15(12)13/h1-4H,5-6H2,(H,10,11)(H,12,13). The fourth-order valence-electron chi connectivity index (χ4n) is 1.04. The Morgan fingerprint density at radius 2 is 1.93 bits per heavy atom. The van der Waals surface area contributed by atoms with Gasteiger partial charge in [0.2, 0.25) is 0 Å². The summed E-state index contributed by atoms with van der Waals surface area (Å²) >= 11 is -2.25. The molecule has 0 saturated heterocycles. The van der Waals surface area contributed by atoms with E-state index < -0.39 is 17.3 Å². The lowest BCUT2D eigenvalue weighted by Crippen LogP contribution is -2.01.